The van der Waals surface area contributed by atoms with Crippen molar-refractivity contribution >= 4 is 5.78 Å². The molecule has 17 heavy (non-hydrogen) atoms. The molecule has 0 aliphatic heterocycles. The maximum absolute atomic E-state index is 12.1. The Labute approximate surface area is 103 Å². The molecule has 1 aromatic rings. The molecule has 96 valence electrons. The second kappa shape index (κ2) is 6.57. The summed E-state index contributed by atoms with van der Waals surface area (Å²) in [4.78, 5) is 17.3. The lowest BCUT2D eigenvalue weighted by Crippen LogP contribution is -2.31. The Morgan fingerprint density at radius 1 is 1.47 bits per heavy atom. The van der Waals surface area contributed by atoms with E-state index in [1.165, 1.54) is 0 Å². The summed E-state index contributed by atoms with van der Waals surface area (Å²) in [5, 5.41) is 8.79. The number of likely N-dealkylation sites (N-methyl/N-ethyl adjacent to an activating group) is 1. The highest BCUT2D eigenvalue weighted by molar-refractivity contribution is 5.98. The van der Waals surface area contributed by atoms with Gasteiger partial charge in [-0.15, -0.1) is 0 Å². The number of aliphatic hydroxyl groups excluding tert-OH is 1. The van der Waals surface area contributed by atoms with Gasteiger partial charge in [0.1, 0.15) is 0 Å². The minimum absolute atomic E-state index is 0.145. The average molecular weight is 238 g/mol. The Balaban J connectivity index is 2.61. The highest BCUT2D eigenvalue weighted by atomic mass is 16.3. The number of nitrogens with one attached hydrogen (secondary N) is 1. The van der Waals surface area contributed by atoms with Gasteiger partial charge in [-0.05, 0) is 32.9 Å². The van der Waals surface area contributed by atoms with Crippen LogP contribution in [-0.2, 0) is 0 Å². The fourth-order valence-electron chi connectivity index (χ4n) is 1.95. The van der Waals surface area contributed by atoms with E-state index in [9.17, 15) is 4.79 Å². The highest BCUT2D eigenvalue weighted by Gasteiger charge is 2.14. The number of Topliss-reactive ketones (excluding diaryl/α,β-unsaturated/α-hetero) is 1. The molecule has 0 unspecified atom stereocenters. The molecule has 0 saturated carbocycles. The summed E-state index contributed by atoms with van der Waals surface area (Å²) in [6, 6.07) is 1.90. The van der Waals surface area contributed by atoms with Crippen molar-refractivity contribution in [2.24, 2.45) is 0 Å². The first kappa shape index (κ1) is 13.9. The quantitative estimate of drug-likeness (QED) is 0.708. The third-order valence-electron chi connectivity index (χ3n) is 2.90. The summed E-state index contributed by atoms with van der Waals surface area (Å²) in [6.07, 6.45) is 0.715. The number of H-pyrrole nitrogens is 1. The van der Waals surface area contributed by atoms with E-state index in [0.717, 1.165) is 30.0 Å². The third-order valence-corrected chi connectivity index (χ3v) is 2.90. The van der Waals surface area contributed by atoms with Crippen molar-refractivity contribution in [2.75, 3.05) is 26.2 Å². The zero-order chi connectivity index (χ0) is 12.8. The van der Waals surface area contributed by atoms with Crippen LogP contribution in [0, 0.1) is 13.8 Å². The average Bonchev–Trinajstić information content (AvgIpc) is 2.63. The van der Waals surface area contributed by atoms with Gasteiger partial charge in [-0.3, -0.25) is 9.69 Å². The number of ketones is 1. The van der Waals surface area contributed by atoms with Gasteiger partial charge in [0.05, 0.1) is 6.54 Å². The van der Waals surface area contributed by atoms with E-state index in [0.29, 0.717) is 13.0 Å². The first-order valence-corrected chi connectivity index (χ1v) is 6.11. The number of nitrogens with zero attached hydrogens (tertiary/aromatic N) is 1. The molecule has 0 amide bonds. The molecule has 1 rings (SSSR count). The molecular formula is C13H22N2O2. The molecule has 0 saturated heterocycles. The monoisotopic (exact) mass is 238 g/mol. The molecule has 0 aliphatic carbocycles. The summed E-state index contributed by atoms with van der Waals surface area (Å²) in [6.45, 7) is 8.09. The van der Waals surface area contributed by atoms with E-state index >= 15 is 0 Å². The number of rotatable bonds is 7. The molecule has 0 bridgehead atoms. The van der Waals surface area contributed by atoms with Crippen molar-refractivity contribution in [3.05, 3.63) is 23.0 Å². The predicted molar refractivity (Wildman–Crippen MR) is 68.4 cm³/mol. The van der Waals surface area contributed by atoms with Crippen LogP contribution in [0.5, 0.6) is 0 Å². The van der Waals surface area contributed by atoms with Gasteiger partial charge in [0.25, 0.3) is 0 Å². The standard InChI is InChI=1S/C13H22N2O2/c1-4-15(6-5-7-16)9-13(17)12-8-10(2)14-11(12)3/h8,14,16H,4-7,9H2,1-3H3. The number of aliphatic hydroxyl groups is 1. The van der Waals surface area contributed by atoms with Crippen LogP contribution in [0.2, 0.25) is 0 Å². The Bertz CT molecular complexity index is 371. The zero-order valence-electron chi connectivity index (χ0n) is 10.9. The van der Waals surface area contributed by atoms with Crippen LogP contribution in [0.4, 0.5) is 0 Å². The van der Waals surface area contributed by atoms with E-state index in [-0.39, 0.29) is 12.4 Å². The Morgan fingerprint density at radius 2 is 2.18 bits per heavy atom. The van der Waals surface area contributed by atoms with Crippen molar-refractivity contribution in [2.45, 2.75) is 27.2 Å². The Morgan fingerprint density at radius 3 is 2.65 bits per heavy atom. The summed E-state index contributed by atoms with van der Waals surface area (Å²) < 4.78 is 0. The Hall–Kier alpha value is -1.13. The van der Waals surface area contributed by atoms with Crippen molar-refractivity contribution in [1.29, 1.82) is 0 Å². The lowest BCUT2D eigenvalue weighted by Gasteiger charge is -2.18. The Kier molecular flexibility index (Phi) is 5.38. The summed E-state index contributed by atoms with van der Waals surface area (Å²) in [5.41, 5.74) is 2.74. The first-order chi connectivity index (χ1) is 8.08. The third kappa shape index (κ3) is 3.98. The van der Waals surface area contributed by atoms with E-state index < -0.39 is 0 Å². The fourth-order valence-corrected chi connectivity index (χ4v) is 1.95. The number of aryl methyl sites for hydroxylation is 2. The fraction of sp³-hybridized carbons (Fsp3) is 0.615. The van der Waals surface area contributed by atoms with Crippen LogP contribution >= 0.6 is 0 Å². The molecule has 0 spiro atoms. The molecule has 4 nitrogen and oxygen atoms in total. The van der Waals surface area contributed by atoms with Crippen LogP contribution in [0.25, 0.3) is 0 Å². The SMILES string of the molecule is CCN(CCCO)CC(=O)c1cc(C)[nH]c1C. The molecule has 0 atom stereocenters. The number of carbonyl (C=O) groups is 1. The second-order valence-electron chi connectivity index (χ2n) is 4.36. The van der Waals surface area contributed by atoms with Gasteiger partial charge in [-0.1, -0.05) is 6.92 Å². The lowest BCUT2D eigenvalue weighted by molar-refractivity contribution is 0.0928. The van der Waals surface area contributed by atoms with Crippen molar-refractivity contribution in [3.63, 3.8) is 0 Å². The maximum Gasteiger partial charge on any atom is 0.178 e. The van der Waals surface area contributed by atoms with Gasteiger partial charge >= 0.3 is 0 Å². The molecule has 0 aliphatic rings. The van der Waals surface area contributed by atoms with Gasteiger partial charge in [0.15, 0.2) is 5.78 Å². The van der Waals surface area contributed by atoms with E-state index in [1.54, 1.807) is 0 Å². The number of carbonyl (C=O) groups excluding carboxylic acids is 1. The minimum Gasteiger partial charge on any atom is -0.396 e. The number of hydrogen-bond donors (Lipinski definition) is 2. The van der Waals surface area contributed by atoms with Crippen LogP contribution in [0.15, 0.2) is 6.07 Å². The lowest BCUT2D eigenvalue weighted by atomic mass is 10.1. The molecule has 0 fully saturated rings. The molecule has 1 aromatic heterocycles. The molecule has 4 heteroatoms. The summed E-state index contributed by atoms with van der Waals surface area (Å²) in [5.74, 6) is 0.145. The van der Waals surface area contributed by atoms with Crippen LogP contribution < -0.4 is 0 Å². The summed E-state index contributed by atoms with van der Waals surface area (Å²) in [7, 11) is 0. The highest BCUT2D eigenvalue weighted by Crippen LogP contribution is 2.10. The zero-order valence-corrected chi connectivity index (χ0v) is 10.9. The van der Waals surface area contributed by atoms with Crippen molar-refractivity contribution in [3.8, 4) is 0 Å². The molecule has 1 heterocycles. The van der Waals surface area contributed by atoms with Gasteiger partial charge in [-0.25, -0.2) is 0 Å². The van der Waals surface area contributed by atoms with Crippen molar-refractivity contribution < 1.29 is 9.90 Å². The predicted octanol–water partition coefficient (Wildman–Crippen LogP) is 1.52. The van der Waals surface area contributed by atoms with E-state index in [1.807, 2.05) is 26.8 Å². The smallest absolute Gasteiger partial charge is 0.178 e. The van der Waals surface area contributed by atoms with Crippen LogP contribution in [0.3, 0.4) is 0 Å². The molecular weight excluding hydrogens is 216 g/mol. The largest absolute Gasteiger partial charge is 0.396 e. The van der Waals surface area contributed by atoms with Gasteiger partial charge in [0, 0.05) is 30.1 Å². The van der Waals surface area contributed by atoms with Gasteiger partial charge in [-0.2, -0.15) is 0 Å². The van der Waals surface area contributed by atoms with E-state index in [2.05, 4.69) is 9.88 Å². The minimum atomic E-state index is 0.145. The molecule has 0 radical (unpaired) electrons. The van der Waals surface area contributed by atoms with Crippen LogP contribution in [-0.4, -0.2) is 47.0 Å². The number of aromatic amines is 1. The number of aromatic nitrogens is 1. The molecule has 2 N–H and O–H groups in total. The normalized spacial score (nSPS) is 11.1. The maximum atomic E-state index is 12.1. The summed E-state index contributed by atoms with van der Waals surface area (Å²) >= 11 is 0. The topological polar surface area (TPSA) is 56.3 Å². The second-order valence-corrected chi connectivity index (χ2v) is 4.36. The molecule has 0 aromatic carbocycles. The van der Waals surface area contributed by atoms with Gasteiger partial charge in [0.2, 0.25) is 0 Å². The number of hydrogen-bond acceptors (Lipinski definition) is 3. The van der Waals surface area contributed by atoms with Crippen LogP contribution in [0.1, 0.15) is 35.1 Å². The van der Waals surface area contributed by atoms with Gasteiger partial charge < -0.3 is 10.1 Å². The van der Waals surface area contributed by atoms with E-state index in [4.69, 9.17) is 5.11 Å². The first-order valence-electron chi connectivity index (χ1n) is 6.11. The van der Waals surface area contributed by atoms with Crippen molar-refractivity contribution in [1.82, 2.24) is 9.88 Å².